The van der Waals surface area contributed by atoms with Crippen molar-refractivity contribution in [1.29, 1.82) is 0 Å². The minimum absolute atomic E-state index is 0.139. The lowest BCUT2D eigenvalue weighted by molar-refractivity contribution is -0.132. The summed E-state index contributed by atoms with van der Waals surface area (Å²) in [5.41, 5.74) is 4.17. The highest BCUT2D eigenvalue weighted by Crippen LogP contribution is 2.45. The van der Waals surface area contributed by atoms with E-state index in [1.165, 1.54) is 5.57 Å². The number of hydrogen-bond acceptors (Lipinski definition) is 3. The van der Waals surface area contributed by atoms with Crippen LogP contribution in [-0.2, 0) is 4.79 Å². The van der Waals surface area contributed by atoms with Crippen LogP contribution >= 0.6 is 11.6 Å². The Balaban J connectivity index is 1.78. The molecule has 1 amide bonds. The summed E-state index contributed by atoms with van der Waals surface area (Å²) in [4.78, 5) is 20.0. The second-order valence-electron chi connectivity index (χ2n) is 7.79. The lowest BCUT2D eigenvalue weighted by atomic mass is 9.91. The normalized spacial score (nSPS) is 23.3. The Kier molecular flexibility index (Phi) is 4.87. The van der Waals surface area contributed by atoms with Gasteiger partial charge < -0.3 is 14.7 Å². The molecule has 1 aromatic rings. The topological polar surface area (TPSA) is 26.8 Å². The van der Waals surface area contributed by atoms with Crippen molar-refractivity contribution in [3.63, 3.8) is 0 Å². The number of carbonyl (C=O) groups excluding carboxylic acids is 1. The Morgan fingerprint density at radius 3 is 2.67 bits per heavy atom. The molecule has 0 spiro atoms. The first-order valence-electron chi connectivity index (χ1n) is 9.57. The Bertz CT molecular complexity index is 840. The smallest absolute Gasteiger partial charge is 0.270 e. The third-order valence-corrected chi connectivity index (χ3v) is 6.17. The maximum atomic E-state index is 13.5. The van der Waals surface area contributed by atoms with Crippen molar-refractivity contribution < 1.29 is 4.79 Å². The summed E-state index contributed by atoms with van der Waals surface area (Å²) in [6.07, 6.45) is 4.96. The lowest BCUT2D eigenvalue weighted by Crippen LogP contribution is -2.52. The van der Waals surface area contributed by atoms with Crippen LogP contribution in [0.4, 0.5) is 0 Å². The van der Waals surface area contributed by atoms with Crippen molar-refractivity contribution in [2.45, 2.75) is 25.4 Å². The molecule has 1 fully saturated rings. The number of carbonyl (C=O) groups is 1. The van der Waals surface area contributed by atoms with Crippen LogP contribution < -0.4 is 0 Å². The summed E-state index contributed by atoms with van der Waals surface area (Å²) >= 11 is 6.34. The van der Waals surface area contributed by atoms with Crippen molar-refractivity contribution >= 4 is 23.1 Å². The molecule has 4 rings (SSSR count). The van der Waals surface area contributed by atoms with Crippen LogP contribution in [0.15, 0.2) is 58.8 Å². The SMILES string of the molecule is CC(CN1CCN2C(=C(c3ccccc3)C3=CC(Cl)=CCC32)C1=O)N(C)C. The van der Waals surface area contributed by atoms with Crippen LogP contribution in [0.2, 0.25) is 0 Å². The fourth-order valence-corrected chi connectivity index (χ4v) is 4.37. The Labute approximate surface area is 166 Å². The number of allylic oxidation sites excluding steroid dienone is 2. The number of piperazine rings is 1. The van der Waals surface area contributed by atoms with Crippen LogP contribution in [0.5, 0.6) is 0 Å². The van der Waals surface area contributed by atoms with Gasteiger partial charge >= 0.3 is 0 Å². The first-order chi connectivity index (χ1) is 13.0. The predicted octanol–water partition coefficient (Wildman–Crippen LogP) is 3.33. The summed E-state index contributed by atoms with van der Waals surface area (Å²) in [5, 5.41) is 0.765. The van der Waals surface area contributed by atoms with Gasteiger partial charge in [-0.05, 0) is 44.7 Å². The van der Waals surface area contributed by atoms with Crippen molar-refractivity contribution in [2.75, 3.05) is 33.7 Å². The fourth-order valence-electron chi connectivity index (χ4n) is 4.17. The van der Waals surface area contributed by atoms with E-state index in [2.05, 4.69) is 49.0 Å². The van der Waals surface area contributed by atoms with Crippen molar-refractivity contribution in [3.05, 3.63) is 64.3 Å². The number of halogens is 1. The quantitative estimate of drug-likeness (QED) is 0.798. The van der Waals surface area contributed by atoms with Crippen LogP contribution in [0.1, 0.15) is 18.9 Å². The Morgan fingerprint density at radius 1 is 1.22 bits per heavy atom. The van der Waals surface area contributed by atoms with Gasteiger partial charge in [-0.3, -0.25) is 4.79 Å². The largest absolute Gasteiger partial charge is 0.357 e. The van der Waals surface area contributed by atoms with Gasteiger partial charge in [0.15, 0.2) is 0 Å². The van der Waals surface area contributed by atoms with Gasteiger partial charge in [0.05, 0.1) is 6.04 Å². The Hall–Kier alpha value is -2.04. The number of fused-ring (bicyclic) bond motifs is 3. The van der Waals surface area contributed by atoms with E-state index in [1.807, 2.05) is 29.2 Å². The first-order valence-corrected chi connectivity index (χ1v) is 9.95. The maximum Gasteiger partial charge on any atom is 0.270 e. The van der Waals surface area contributed by atoms with Crippen LogP contribution in [0, 0.1) is 0 Å². The molecule has 2 unspecified atom stereocenters. The molecule has 0 aromatic heterocycles. The number of rotatable bonds is 4. The van der Waals surface area contributed by atoms with E-state index in [0.29, 0.717) is 6.04 Å². The minimum atomic E-state index is 0.139. The highest BCUT2D eigenvalue weighted by atomic mass is 35.5. The number of likely N-dealkylation sites (N-methyl/N-ethyl adjacent to an activating group) is 1. The zero-order valence-corrected chi connectivity index (χ0v) is 16.9. The molecule has 4 nitrogen and oxygen atoms in total. The zero-order chi connectivity index (χ0) is 19.1. The second kappa shape index (κ2) is 7.17. The number of nitrogens with zero attached hydrogens (tertiary/aromatic N) is 3. The number of hydrogen-bond donors (Lipinski definition) is 0. The van der Waals surface area contributed by atoms with Crippen LogP contribution in [0.3, 0.4) is 0 Å². The number of amides is 1. The summed E-state index contributed by atoms with van der Waals surface area (Å²) in [5.74, 6) is 0.139. The van der Waals surface area contributed by atoms with Crippen molar-refractivity contribution in [1.82, 2.24) is 14.7 Å². The monoisotopic (exact) mass is 383 g/mol. The average molecular weight is 384 g/mol. The molecule has 2 heterocycles. The highest BCUT2D eigenvalue weighted by Gasteiger charge is 2.44. The van der Waals surface area contributed by atoms with Gasteiger partial charge in [-0.25, -0.2) is 0 Å². The van der Waals surface area contributed by atoms with E-state index in [9.17, 15) is 4.79 Å². The molecular formula is C22H26ClN3O. The van der Waals surface area contributed by atoms with E-state index >= 15 is 0 Å². The minimum Gasteiger partial charge on any atom is -0.357 e. The maximum absolute atomic E-state index is 13.5. The predicted molar refractivity (Wildman–Crippen MR) is 110 cm³/mol. The molecule has 27 heavy (non-hydrogen) atoms. The molecule has 2 atom stereocenters. The van der Waals surface area contributed by atoms with Gasteiger partial charge in [-0.15, -0.1) is 0 Å². The summed E-state index contributed by atoms with van der Waals surface area (Å²) in [6, 6.07) is 10.8. The van der Waals surface area contributed by atoms with E-state index < -0.39 is 0 Å². The molecule has 2 aliphatic heterocycles. The van der Waals surface area contributed by atoms with Gasteiger partial charge in [0.1, 0.15) is 5.70 Å². The van der Waals surface area contributed by atoms with Crippen molar-refractivity contribution in [2.24, 2.45) is 0 Å². The zero-order valence-electron chi connectivity index (χ0n) is 16.2. The molecular weight excluding hydrogens is 358 g/mol. The molecule has 5 heteroatoms. The summed E-state index contributed by atoms with van der Waals surface area (Å²) in [6.45, 7) is 4.54. The average Bonchev–Trinajstić information content (AvgIpc) is 2.98. The fraction of sp³-hybridized carbons (Fsp3) is 0.409. The molecule has 142 valence electrons. The molecule has 1 saturated heterocycles. The lowest BCUT2D eigenvalue weighted by Gasteiger charge is -2.40. The van der Waals surface area contributed by atoms with Gasteiger partial charge in [-0.1, -0.05) is 48.0 Å². The molecule has 0 N–H and O–H groups in total. The standard InChI is InChI=1S/C22H26ClN3O/c1-15(24(2)3)14-25-11-12-26-19-10-9-17(23)13-18(19)20(21(26)22(25)27)16-7-5-4-6-8-16/h4-9,13,15,19H,10-12,14H2,1-3H3. The highest BCUT2D eigenvalue weighted by molar-refractivity contribution is 6.31. The van der Waals surface area contributed by atoms with E-state index in [-0.39, 0.29) is 11.9 Å². The third kappa shape index (κ3) is 3.21. The first kappa shape index (κ1) is 18.3. The molecule has 0 bridgehead atoms. The van der Waals surface area contributed by atoms with E-state index in [1.54, 1.807) is 0 Å². The Morgan fingerprint density at radius 2 is 1.96 bits per heavy atom. The van der Waals surface area contributed by atoms with Gasteiger partial charge in [0.25, 0.3) is 5.91 Å². The molecule has 3 aliphatic rings. The molecule has 1 aliphatic carbocycles. The van der Waals surface area contributed by atoms with Crippen LogP contribution in [-0.4, -0.2) is 66.4 Å². The van der Waals surface area contributed by atoms with Gasteiger partial charge in [0, 0.05) is 36.3 Å². The van der Waals surface area contributed by atoms with E-state index in [4.69, 9.17) is 11.6 Å². The molecule has 0 saturated carbocycles. The third-order valence-electron chi connectivity index (χ3n) is 5.91. The summed E-state index contributed by atoms with van der Waals surface area (Å²) in [7, 11) is 4.12. The van der Waals surface area contributed by atoms with E-state index in [0.717, 1.165) is 47.9 Å². The molecule has 1 aromatic carbocycles. The van der Waals surface area contributed by atoms with Gasteiger partial charge in [0.2, 0.25) is 0 Å². The van der Waals surface area contributed by atoms with Gasteiger partial charge in [-0.2, -0.15) is 0 Å². The summed E-state index contributed by atoms with van der Waals surface area (Å²) < 4.78 is 0. The van der Waals surface area contributed by atoms with Crippen molar-refractivity contribution in [3.8, 4) is 0 Å². The van der Waals surface area contributed by atoms with Crippen LogP contribution in [0.25, 0.3) is 5.57 Å². The molecule has 0 radical (unpaired) electrons. The second-order valence-corrected chi connectivity index (χ2v) is 8.22. The number of benzene rings is 1.